The molecule has 0 atom stereocenters. The zero-order valence-corrected chi connectivity index (χ0v) is 10.7. The second-order valence-corrected chi connectivity index (χ2v) is 3.87. The molecule has 0 fully saturated rings. The van der Waals surface area contributed by atoms with Gasteiger partial charge in [-0.05, 0) is 18.6 Å². The van der Waals surface area contributed by atoms with E-state index in [1.165, 1.54) is 12.1 Å². The molecule has 0 amide bonds. The third kappa shape index (κ3) is 3.28. The lowest BCUT2D eigenvalue weighted by atomic mass is 10.3. The molecular weight excluding hydrogens is 268 g/mol. The Hall–Kier alpha value is -2.51. The van der Waals surface area contributed by atoms with Gasteiger partial charge in [0.15, 0.2) is 11.6 Å². The minimum Gasteiger partial charge on any atom is -0.463 e. The van der Waals surface area contributed by atoms with Crippen molar-refractivity contribution in [2.75, 3.05) is 17.7 Å². The molecule has 2 aromatic rings. The van der Waals surface area contributed by atoms with Crippen molar-refractivity contribution < 1.29 is 13.5 Å². The van der Waals surface area contributed by atoms with Crippen molar-refractivity contribution in [3.05, 3.63) is 29.8 Å². The van der Waals surface area contributed by atoms with E-state index in [9.17, 15) is 8.78 Å². The molecule has 0 radical (unpaired) electrons. The molecule has 0 aliphatic rings. The van der Waals surface area contributed by atoms with Crippen molar-refractivity contribution in [1.29, 1.82) is 0 Å². The lowest BCUT2D eigenvalue weighted by Gasteiger charge is -2.08. The Kier molecular flexibility index (Phi) is 4.24. The van der Waals surface area contributed by atoms with Gasteiger partial charge in [0.1, 0.15) is 0 Å². The van der Waals surface area contributed by atoms with Crippen LogP contribution in [0.4, 0.5) is 26.4 Å². The van der Waals surface area contributed by atoms with E-state index in [0.29, 0.717) is 6.61 Å². The Morgan fingerprint density at radius 2 is 2.05 bits per heavy atom. The molecule has 20 heavy (non-hydrogen) atoms. The number of nitrogen functional groups attached to an aromatic ring is 1. The summed E-state index contributed by atoms with van der Waals surface area (Å²) in [5.41, 5.74) is 5.40. The number of nitrogens with two attached hydrogens (primary N) is 1. The van der Waals surface area contributed by atoms with Crippen molar-refractivity contribution in [3.63, 3.8) is 0 Å². The van der Waals surface area contributed by atoms with Crippen molar-refractivity contribution in [1.82, 2.24) is 15.0 Å². The molecule has 2 rings (SSSR count). The number of rotatable bonds is 5. The molecule has 6 nitrogen and oxygen atoms in total. The molecule has 0 unspecified atom stereocenters. The quantitative estimate of drug-likeness (QED) is 0.874. The van der Waals surface area contributed by atoms with Gasteiger partial charge in [-0.2, -0.15) is 15.0 Å². The smallest absolute Gasteiger partial charge is 0.323 e. The van der Waals surface area contributed by atoms with Gasteiger partial charge >= 0.3 is 6.01 Å². The van der Waals surface area contributed by atoms with E-state index in [-0.39, 0.29) is 23.6 Å². The van der Waals surface area contributed by atoms with Gasteiger partial charge in [-0.15, -0.1) is 0 Å². The standard InChI is InChI=1S/C12H13F2N5O/c1-2-6-20-12-18-10(15)17-11(19-12)16-8-5-3-4-7(13)9(8)14/h3-5H,2,6H2,1H3,(H3,15,16,17,18,19). The molecule has 1 heterocycles. The Balaban J connectivity index is 2.24. The molecule has 1 aromatic carbocycles. The highest BCUT2D eigenvalue weighted by Crippen LogP contribution is 2.20. The molecule has 1 aromatic heterocycles. The predicted molar refractivity (Wildman–Crippen MR) is 69.7 cm³/mol. The van der Waals surface area contributed by atoms with Gasteiger partial charge in [-0.25, -0.2) is 8.78 Å². The average Bonchev–Trinajstić information content (AvgIpc) is 2.41. The summed E-state index contributed by atoms with van der Waals surface area (Å²) < 4.78 is 31.8. The van der Waals surface area contributed by atoms with Crippen LogP contribution in [-0.4, -0.2) is 21.6 Å². The number of nitrogens with one attached hydrogen (secondary N) is 1. The summed E-state index contributed by atoms with van der Waals surface area (Å²) in [5, 5.41) is 2.53. The van der Waals surface area contributed by atoms with Gasteiger partial charge in [0.25, 0.3) is 0 Å². The molecule has 0 saturated heterocycles. The largest absolute Gasteiger partial charge is 0.463 e. The average molecular weight is 281 g/mol. The number of aromatic nitrogens is 3. The first-order valence-electron chi connectivity index (χ1n) is 5.95. The van der Waals surface area contributed by atoms with E-state index < -0.39 is 11.6 Å². The van der Waals surface area contributed by atoms with Crippen LogP contribution in [0.5, 0.6) is 6.01 Å². The van der Waals surface area contributed by atoms with Gasteiger partial charge < -0.3 is 15.8 Å². The SMILES string of the molecule is CCCOc1nc(N)nc(Nc2cccc(F)c2F)n1. The fraction of sp³-hybridized carbons (Fsp3) is 0.250. The highest BCUT2D eigenvalue weighted by Gasteiger charge is 2.11. The highest BCUT2D eigenvalue weighted by atomic mass is 19.2. The second-order valence-electron chi connectivity index (χ2n) is 3.87. The van der Waals surface area contributed by atoms with E-state index >= 15 is 0 Å². The summed E-state index contributed by atoms with van der Waals surface area (Å²) >= 11 is 0. The number of anilines is 3. The van der Waals surface area contributed by atoms with Crippen molar-refractivity contribution in [3.8, 4) is 6.01 Å². The molecule has 0 bridgehead atoms. The predicted octanol–water partition coefficient (Wildman–Crippen LogP) is 2.26. The van der Waals surface area contributed by atoms with Crippen LogP contribution in [0.1, 0.15) is 13.3 Å². The molecule has 0 aliphatic carbocycles. The summed E-state index contributed by atoms with van der Waals surface area (Å²) in [7, 11) is 0. The normalized spacial score (nSPS) is 10.3. The minimum atomic E-state index is -1.03. The summed E-state index contributed by atoms with van der Waals surface area (Å²) in [4.78, 5) is 11.5. The lowest BCUT2D eigenvalue weighted by molar-refractivity contribution is 0.292. The Morgan fingerprint density at radius 1 is 1.25 bits per heavy atom. The summed E-state index contributed by atoms with van der Waals surface area (Å²) in [6.07, 6.45) is 0.771. The van der Waals surface area contributed by atoms with Crippen LogP contribution in [0.3, 0.4) is 0 Å². The maximum Gasteiger partial charge on any atom is 0.323 e. The first-order valence-corrected chi connectivity index (χ1v) is 5.95. The van der Waals surface area contributed by atoms with Gasteiger partial charge in [-0.1, -0.05) is 13.0 Å². The molecular formula is C12H13F2N5O. The van der Waals surface area contributed by atoms with Gasteiger partial charge in [0.05, 0.1) is 12.3 Å². The van der Waals surface area contributed by atoms with Crippen LogP contribution in [-0.2, 0) is 0 Å². The van der Waals surface area contributed by atoms with Crippen LogP contribution in [0.15, 0.2) is 18.2 Å². The molecule has 8 heteroatoms. The molecule has 0 aliphatic heterocycles. The molecule has 3 N–H and O–H groups in total. The molecule has 106 valence electrons. The number of ether oxygens (including phenoxy) is 1. The van der Waals surface area contributed by atoms with E-state index in [1.54, 1.807) is 0 Å². The maximum atomic E-state index is 13.5. The number of nitrogens with zero attached hydrogens (tertiary/aromatic N) is 3. The summed E-state index contributed by atoms with van der Waals surface area (Å²) in [6, 6.07) is 3.75. The minimum absolute atomic E-state index is 0.0203. The van der Waals surface area contributed by atoms with Crippen LogP contribution >= 0.6 is 0 Å². The molecule has 0 spiro atoms. The second kappa shape index (κ2) is 6.09. The van der Waals surface area contributed by atoms with Gasteiger partial charge in [0, 0.05) is 0 Å². The monoisotopic (exact) mass is 281 g/mol. The first kappa shape index (κ1) is 13.9. The van der Waals surface area contributed by atoms with Crippen LogP contribution in [0, 0.1) is 11.6 Å². The summed E-state index contributed by atoms with van der Waals surface area (Å²) in [5.74, 6) is -2.10. The van der Waals surface area contributed by atoms with Crippen molar-refractivity contribution in [2.45, 2.75) is 13.3 Å². The highest BCUT2D eigenvalue weighted by molar-refractivity contribution is 5.54. The number of benzene rings is 1. The maximum absolute atomic E-state index is 13.5. The van der Waals surface area contributed by atoms with E-state index in [2.05, 4.69) is 20.3 Å². The third-order valence-electron chi connectivity index (χ3n) is 2.27. The topological polar surface area (TPSA) is 86.0 Å². The zero-order chi connectivity index (χ0) is 14.5. The fourth-order valence-corrected chi connectivity index (χ4v) is 1.41. The van der Waals surface area contributed by atoms with E-state index in [4.69, 9.17) is 10.5 Å². The Bertz CT molecular complexity index is 608. The fourth-order valence-electron chi connectivity index (χ4n) is 1.41. The van der Waals surface area contributed by atoms with Crippen molar-refractivity contribution >= 4 is 17.6 Å². The van der Waals surface area contributed by atoms with E-state index in [0.717, 1.165) is 12.5 Å². The number of hydrogen-bond donors (Lipinski definition) is 2. The number of hydrogen-bond acceptors (Lipinski definition) is 6. The van der Waals surface area contributed by atoms with Gasteiger partial charge in [0.2, 0.25) is 11.9 Å². The van der Waals surface area contributed by atoms with E-state index in [1.807, 2.05) is 6.92 Å². The Morgan fingerprint density at radius 3 is 2.80 bits per heavy atom. The van der Waals surface area contributed by atoms with Gasteiger partial charge in [-0.3, -0.25) is 0 Å². The third-order valence-corrected chi connectivity index (χ3v) is 2.27. The van der Waals surface area contributed by atoms with Crippen LogP contribution < -0.4 is 15.8 Å². The summed E-state index contributed by atoms with van der Waals surface area (Å²) in [6.45, 7) is 2.34. The lowest BCUT2D eigenvalue weighted by Crippen LogP contribution is -2.08. The van der Waals surface area contributed by atoms with Crippen molar-refractivity contribution in [2.24, 2.45) is 0 Å². The van der Waals surface area contributed by atoms with Crippen LogP contribution in [0.25, 0.3) is 0 Å². The molecule has 0 saturated carbocycles. The Labute approximate surface area is 114 Å². The first-order chi connectivity index (χ1) is 9.60. The zero-order valence-electron chi connectivity index (χ0n) is 10.7. The van der Waals surface area contributed by atoms with Crippen LogP contribution in [0.2, 0.25) is 0 Å². The number of halogens is 2.